The van der Waals surface area contributed by atoms with Gasteiger partial charge in [0.2, 0.25) is 0 Å². The maximum Gasteiger partial charge on any atom is 0.276 e. The van der Waals surface area contributed by atoms with E-state index in [1.54, 1.807) is 24.3 Å². The van der Waals surface area contributed by atoms with E-state index in [9.17, 15) is 18.0 Å². The molecule has 0 bridgehead atoms. The summed E-state index contributed by atoms with van der Waals surface area (Å²) in [7, 11) is 0. The van der Waals surface area contributed by atoms with Crippen molar-refractivity contribution in [2.75, 3.05) is 10.6 Å². The van der Waals surface area contributed by atoms with Crippen LogP contribution in [0.1, 0.15) is 5.56 Å². The van der Waals surface area contributed by atoms with E-state index >= 15 is 0 Å². The molecule has 24 heavy (non-hydrogen) atoms. The average molecular weight is 350 g/mol. The molecule has 0 aliphatic carbocycles. The van der Waals surface area contributed by atoms with Gasteiger partial charge in [-0.25, -0.2) is 13.2 Å². The standard InChI is InChI=1S/C15H9F3N4OS/c16-7-5-9(17)13(10(18)6-7)20-15(24)22-21-12-8-3-1-2-4-11(8)19-14(12)23/h1-6H,(H,19,21,23)(H2,20,22,24). The molecule has 1 aliphatic rings. The van der Waals surface area contributed by atoms with Crippen molar-refractivity contribution in [3.05, 3.63) is 59.4 Å². The minimum atomic E-state index is -1.15. The third-order valence-electron chi connectivity index (χ3n) is 3.16. The molecular weight excluding hydrogens is 341 g/mol. The third-order valence-corrected chi connectivity index (χ3v) is 3.35. The summed E-state index contributed by atoms with van der Waals surface area (Å²) in [5.41, 5.74) is 2.95. The van der Waals surface area contributed by atoms with E-state index in [1.807, 2.05) is 0 Å². The van der Waals surface area contributed by atoms with Crippen LogP contribution in [0, 0.1) is 17.5 Å². The lowest BCUT2D eigenvalue weighted by molar-refractivity contribution is -0.110. The Morgan fingerprint density at radius 2 is 1.79 bits per heavy atom. The highest BCUT2D eigenvalue weighted by atomic mass is 32.1. The number of benzene rings is 2. The van der Waals surface area contributed by atoms with Gasteiger partial charge in [0.15, 0.2) is 22.5 Å². The number of para-hydroxylation sites is 1. The molecule has 0 saturated heterocycles. The van der Waals surface area contributed by atoms with Gasteiger partial charge in [-0.15, -0.1) is 0 Å². The van der Waals surface area contributed by atoms with Gasteiger partial charge >= 0.3 is 0 Å². The van der Waals surface area contributed by atoms with Crippen LogP contribution in [-0.4, -0.2) is 16.7 Å². The van der Waals surface area contributed by atoms with Crippen LogP contribution in [0.25, 0.3) is 0 Å². The lowest BCUT2D eigenvalue weighted by Crippen LogP contribution is -2.28. The van der Waals surface area contributed by atoms with Crippen molar-refractivity contribution in [1.82, 2.24) is 5.43 Å². The van der Waals surface area contributed by atoms with Gasteiger partial charge in [-0.1, -0.05) is 18.2 Å². The van der Waals surface area contributed by atoms with Gasteiger partial charge in [-0.05, 0) is 18.3 Å². The van der Waals surface area contributed by atoms with Gasteiger partial charge in [0.05, 0.1) is 5.69 Å². The number of carbonyl (C=O) groups is 1. The van der Waals surface area contributed by atoms with Gasteiger partial charge in [-0.3, -0.25) is 10.2 Å². The van der Waals surface area contributed by atoms with E-state index in [0.29, 0.717) is 23.4 Å². The number of hydrogen-bond acceptors (Lipinski definition) is 3. The average Bonchev–Trinajstić information content (AvgIpc) is 2.84. The van der Waals surface area contributed by atoms with Crippen molar-refractivity contribution in [3.8, 4) is 0 Å². The predicted octanol–water partition coefficient (Wildman–Crippen LogP) is 2.75. The lowest BCUT2D eigenvalue weighted by atomic mass is 10.1. The number of amides is 1. The van der Waals surface area contributed by atoms with E-state index in [4.69, 9.17) is 12.2 Å². The maximum atomic E-state index is 13.5. The van der Waals surface area contributed by atoms with Gasteiger partial charge in [-0.2, -0.15) is 5.10 Å². The molecule has 1 aliphatic heterocycles. The van der Waals surface area contributed by atoms with Crippen molar-refractivity contribution < 1.29 is 18.0 Å². The number of hydrogen-bond donors (Lipinski definition) is 3. The van der Waals surface area contributed by atoms with Crippen LogP contribution >= 0.6 is 12.2 Å². The van der Waals surface area contributed by atoms with E-state index in [0.717, 1.165) is 0 Å². The molecule has 0 saturated carbocycles. The number of hydrazone groups is 1. The molecule has 0 unspecified atom stereocenters. The van der Waals surface area contributed by atoms with E-state index < -0.39 is 29.0 Å². The molecule has 0 radical (unpaired) electrons. The SMILES string of the molecule is O=C1Nc2ccccc2/C1=N/NC(=S)Nc1c(F)cc(F)cc1F. The van der Waals surface area contributed by atoms with Crippen LogP contribution in [-0.2, 0) is 4.79 Å². The van der Waals surface area contributed by atoms with E-state index in [1.165, 1.54) is 0 Å². The molecule has 0 spiro atoms. The first-order valence-corrected chi connectivity index (χ1v) is 7.06. The fourth-order valence-corrected chi connectivity index (χ4v) is 2.27. The van der Waals surface area contributed by atoms with Crippen molar-refractivity contribution in [3.63, 3.8) is 0 Å². The molecule has 2 aromatic carbocycles. The number of nitrogens with one attached hydrogen (secondary N) is 3. The highest BCUT2D eigenvalue weighted by molar-refractivity contribution is 7.80. The molecule has 1 heterocycles. The van der Waals surface area contributed by atoms with Crippen LogP contribution in [0.4, 0.5) is 24.5 Å². The molecule has 3 rings (SSSR count). The zero-order valence-corrected chi connectivity index (χ0v) is 12.7. The summed E-state index contributed by atoms with van der Waals surface area (Å²) >= 11 is 4.87. The molecule has 5 nitrogen and oxygen atoms in total. The van der Waals surface area contributed by atoms with Crippen LogP contribution in [0.5, 0.6) is 0 Å². The molecule has 0 aromatic heterocycles. The first-order chi connectivity index (χ1) is 11.5. The summed E-state index contributed by atoms with van der Waals surface area (Å²) in [6.45, 7) is 0. The summed E-state index contributed by atoms with van der Waals surface area (Å²) < 4.78 is 39.9. The Kier molecular flexibility index (Phi) is 4.17. The Balaban J connectivity index is 1.76. The first kappa shape index (κ1) is 15.9. The third kappa shape index (κ3) is 3.06. The number of thiocarbonyl (C=S) groups is 1. The second-order valence-electron chi connectivity index (χ2n) is 4.77. The molecule has 0 atom stereocenters. The number of anilines is 2. The van der Waals surface area contributed by atoms with Crippen LogP contribution in [0.15, 0.2) is 41.5 Å². The van der Waals surface area contributed by atoms with Crippen LogP contribution < -0.4 is 16.1 Å². The molecule has 9 heteroatoms. The van der Waals surface area contributed by atoms with Gasteiger partial charge in [0.1, 0.15) is 11.5 Å². The Morgan fingerprint density at radius 1 is 1.12 bits per heavy atom. The van der Waals surface area contributed by atoms with E-state index in [2.05, 4.69) is 21.2 Å². The molecule has 2 aromatic rings. The fourth-order valence-electron chi connectivity index (χ4n) is 2.12. The van der Waals surface area contributed by atoms with Crippen molar-refractivity contribution in [2.24, 2.45) is 5.10 Å². The van der Waals surface area contributed by atoms with Crippen molar-refractivity contribution in [1.29, 1.82) is 0 Å². The Morgan fingerprint density at radius 3 is 2.50 bits per heavy atom. The summed E-state index contributed by atoms with van der Waals surface area (Å²) in [6, 6.07) is 7.90. The number of carbonyl (C=O) groups excluding carboxylic acids is 1. The minimum absolute atomic E-state index is 0.0785. The molecular formula is C15H9F3N4OS. The smallest absolute Gasteiger partial charge is 0.276 e. The Bertz CT molecular complexity index is 862. The number of halogens is 3. The molecule has 3 N–H and O–H groups in total. The number of rotatable bonds is 2. The number of nitrogens with zero attached hydrogens (tertiary/aromatic N) is 1. The highest BCUT2D eigenvalue weighted by Crippen LogP contribution is 2.22. The topological polar surface area (TPSA) is 65.5 Å². The summed E-state index contributed by atoms with van der Waals surface area (Å²) in [4.78, 5) is 11.8. The monoisotopic (exact) mass is 350 g/mol. The zero-order valence-electron chi connectivity index (χ0n) is 11.9. The fraction of sp³-hybridized carbons (Fsp3) is 0. The summed E-state index contributed by atoms with van der Waals surface area (Å²) in [6.07, 6.45) is 0. The second kappa shape index (κ2) is 6.28. The largest absolute Gasteiger partial charge is 0.326 e. The lowest BCUT2D eigenvalue weighted by Gasteiger charge is -2.09. The Hall–Kier alpha value is -2.94. The minimum Gasteiger partial charge on any atom is -0.326 e. The first-order valence-electron chi connectivity index (χ1n) is 6.65. The summed E-state index contributed by atoms with van der Waals surface area (Å²) in [5, 5.41) is 8.43. The normalized spacial score (nSPS) is 14.3. The molecule has 122 valence electrons. The van der Waals surface area contributed by atoms with Crippen LogP contribution in [0.2, 0.25) is 0 Å². The number of fused-ring (bicyclic) bond motifs is 1. The molecule has 0 fully saturated rings. The Labute approximate surface area is 139 Å². The summed E-state index contributed by atoms with van der Waals surface area (Å²) in [5.74, 6) is -3.78. The van der Waals surface area contributed by atoms with Gasteiger partial charge in [0, 0.05) is 17.7 Å². The quantitative estimate of drug-likeness (QED) is 0.576. The van der Waals surface area contributed by atoms with Gasteiger partial charge < -0.3 is 10.6 Å². The highest BCUT2D eigenvalue weighted by Gasteiger charge is 2.25. The van der Waals surface area contributed by atoms with Crippen molar-refractivity contribution >= 4 is 40.3 Å². The zero-order chi connectivity index (χ0) is 17.3. The van der Waals surface area contributed by atoms with Crippen LogP contribution in [0.3, 0.4) is 0 Å². The van der Waals surface area contributed by atoms with Gasteiger partial charge in [0.25, 0.3) is 5.91 Å². The maximum absolute atomic E-state index is 13.5. The second-order valence-corrected chi connectivity index (χ2v) is 5.18. The predicted molar refractivity (Wildman–Crippen MR) is 87.3 cm³/mol. The molecule has 1 amide bonds. The van der Waals surface area contributed by atoms with Crippen molar-refractivity contribution in [2.45, 2.75) is 0 Å². The van der Waals surface area contributed by atoms with E-state index in [-0.39, 0.29) is 10.8 Å².